The molecule has 0 bridgehead atoms. The van der Waals surface area contributed by atoms with Crippen LogP contribution >= 0.6 is 23.2 Å². The van der Waals surface area contributed by atoms with E-state index in [2.05, 4.69) is 0 Å². The maximum absolute atomic E-state index is 13.1. The first kappa shape index (κ1) is 18.4. The maximum atomic E-state index is 13.1. The van der Waals surface area contributed by atoms with Crippen LogP contribution in [0.5, 0.6) is 0 Å². The highest BCUT2D eigenvalue weighted by molar-refractivity contribution is 6.84. The van der Waals surface area contributed by atoms with Gasteiger partial charge in [-0.05, 0) is 24.3 Å². The Balaban J connectivity index is 2.53. The summed E-state index contributed by atoms with van der Waals surface area (Å²) >= 11 is 12.6. The molecule has 8 heteroatoms. The third-order valence-electron chi connectivity index (χ3n) is 3.36. The molecule has 2 rings (SSSR count). The molecule has 2 aromatic rings. The van der Waals surface area contributed by atoms with Crippen molar-refractivity contribution in [3.8, 4) is 0 Å². The predicted molar refractivity (Wildman–Crippen MR) is 99.7 cm³/mol. The van der Waals surface area contributed by atoms with E-state index in [0.29, 0.717) is 21.3 Å². The molecule has 0 fully saturated rings. The molecular weight excluding hydrogens is 367 g/mol. The molecule has 0 saturated carbocycles. The van der Waals surface area contributed by atoms with Crippen molar-refractivity contribution in [3.05, 3.63) is 68.2 Å². The molecule has 0 aliphatic heterocycles. The van der Waals surface area contributed by atoms with Crippen LogP contribution in [0.4, 0.5) is 11.4 Å². The lowest BCUT2D eigenvalue weighted by molar-refractivity contribution is -0.384. The zero-order chi connectivity index (χ0) is 18.1. The summed E-state index contributed by atoms with van der Waals surface area (Å²) in [6, 6.07) is 10.6. The van der Waals surface area contributed by atoms with E-state index in [1.54, 1.807) is 22.8 Å². The minimum Gasteiger partial charge on any atom is -0.334 e. The third kappa shape index (κ3) is 3.77. The topological polar surface area (TPSA) is 63.5 Å². The molecule has 0 N–H and O–H groups in total. The molecule has 0 saturated heterocycles. The number of para-hydroxylation sites is 1. The van der Waals surface area contributed by atoms with Crippen molar-refractivity contribution in [1.82, 2.24) is 0 Å². The van der Waals surface area contributed by atoms with Crippen LogP contribution in [-0.2, 0) is 0 Å². The lowest BCUT2D eigenvalue weighted by atomic mass is 10.2. The van der Waals surface area contributed by atoms with Gasteiger partial charge < -0.3 is 4.57 Å². The van der Waals surface area contributed by atoms with Crippen LogP contribution in [0.2, 0.25) is 29.7 Å². The van der Waals surface area contributed by atoms with Gasteiger partial charge in [0.05, 0.1) is 20.7 Å². The van der Waals surface area contributed by atoms with Crippen LogP contribution in [0.15, 0.2) is 42.5 Å². The van der Waals surface area contributed by atoms with Crippen molar-refractivity contribution in [2.24, 2.45) is 0 Å². The lowest BCUT2D eigenvalue weighted by Crippen LogP contribution is -2.50. The zero-order valence-corrected chi connectivity index (χ0v) is 15.9. The molecule has 0 atom stereocenters. The smallest absolute Gasteiger partial charge is 0.269 e. The lowest BCUT2D eigenvalue weighted by Gasteiger charge is -2.35. The van der Waals surface area contributed by atoms with E-state index in [9.17, 15) is 14.9 Å². The average molecular weight is 383 g/mol. The number of benzene rings is 2. The van der Waals surface area contributed by atoms with E-state index < -0.39 is 13.2 Å². The first-order valence-electron chi connectivity index (χ1n) is 7.16. The maximum Gasteiger partial charge on any atom is 0.269 e. The molecule has 0 spiro atoms. The second kappa shape index (κ2) is 6.92. The summed E-state index contributed by atoms with van der Waals surface area (Å²) in [5, 5.41) is 11.5. The van der Waals surface area contributed by atoms with Gasteiger partial charge in [-0.2, -0.15) is 0 Å². The number of nitrogens with zero attached hydrogens (tertiary/aromatic N) is 2. The van der Waals surface area contributed by atoms with E-state index >= 15 is 0 Å². The van der Waals surface area contributed by atoms with Crippen molar-refractivity contribution < 1.29 is 9.72 Å². The first-order valence-corrected chi connectivity index (χ1v) is 11.4. The van der Waals surface area contributed by atoms with E-state index in [0.717, 1.165) is 0 Å². The Morgan fingerprint density at radius 3 is 1.96 bits per heavy atom. The number of nitro groups is 1. The van der Waals surface area contributed by atoms with Crippen LogP contribution in [0.25, 0.3) is 0 Å². The van der Waals surface area contributed by atoms with Gasteiger partial charge in [0.1, 0.15) is 0 Å². The summed E-state index contributed by atoms with van der Waals surface area (Å²) < 4.78 is 1.64. The summed E-state index contributed by atoms with van der Waals surface area (Å²) in [5.41, 5.74) is 0.754. The second-order valence-corrected chi connectivity index (χ2v) is 11.8. The van der Waals surface area contributed by atoms with Crippen molar-refractivity contribution in [3.63, 3.8) is 0 Å². The number of rotatable bonds is 4. The van der Waals surface area contributed by atoms with Crippen molar-refractivity contribution >= 4 is 48.7 Å². The minimum absolute atomic E-state index is 0.0677. The van der Waals surface area contributed by atoms with Gasteiger partial charge in [-0.1, -0.05) is 48.9 Å². The molecule has 0 unspecified atom stereocenters. The Hall–Kier alpha value is -1.89. The van der Waals surface area contributed by atoms with E-state index in [4.69, 9.17) is 23.2 Å². The first-order chi connectivity index (χ1) is 11.1. The summed E-state index contributed by atoms with van der Waals surface area (Å²) in [5.74, 6) is -0.279. The Bertz CT molecular complexity index is 769. The number of hydrogen-bond acceptors (Lipinski definition) is 3. The van der Waals surface area contributed by atoms with Gasteiger partial charge in [-0.15, -0.1) is 0 Å². The van der Waals surface area contributed by atoms with Crippen LogP contribution in [0.1, 0.15) is 10.4 Å². The van der Waals surface area contributed by atoms with Crippen LogP contribution < -0.4 is 4.57 Å². The molecule has 126 valence electrons. The molecule has 0 aromatic heterocycles. The summed E-state index contributed by atoms with van der Waals surface area (Å²) in [7, 11) is -2.19. The Morgan fingerprint density at radius 2 is 1.54 bits per heavy atom. The van der Waals surface area contributed by atoms with Crippen LogP contribution in [-0.4, -0.2) is 19.1 Å². The molecular formula is C16H16Cl2N2O3Si. The van der Waals surface area contributed by atoms with Gasteiger partial charge in [0, 0.05) is 17.7 Å². The number of nitro benzene ring substituents is 1. The van der Waals surface area contributed by atoms with E-state index in [-0.39, 0.29) is 11.6 Å². The van der Waals surface area contributed by atoms with Crippen molar-refractivity contribution in [2.75, 3.05) is 4.57 Å². The number of carbonyl (C=O) groups excluding carboxylic acids is 1. The van der Waals surface area contributed by atoms with Gasteiger partial charge in [0.25, 0.3) is 5.69 Å². The van der Waals surface area contributed by atoms with Gasteiger partial charge in [-0.25, -0.2) is 0 Å². The van der Waals surface area contributed by atoms with Gasteiger partial charge >= 0.3 is 0 Å². The quantitative estimate of drug-likeness (QED) is 0.404. The zero-order valence-electron chi connectivity index (χ0n) is 13.4. The molecule has 2 aromatic carbocycles. The Kier molecular flexibility index (Phi) is 5.32. The molecule has 0 radical (unpaired) electrons. The van der Waals surface area contributed by atoms with E-state index in [1.807, 2.05) is 19.6 Å². The second-order valence-electron chi connectivity index (χ2n) is 6.19. The van der Waals surface area contributed by atoms with E-state index in [1.165, 1.54) is 24.3 Å². The fraction of sp³-hybridized carbons (Fsp3) is 0.188. The summed E-state index contributed by atoms with van der Waals surface area (Å²) in [6.07, 6.45) is 0. The third-order valence-corrected chi connectivity index (χ3v) is 5.74. The number of carbonyl (C=O) groups is 1. The summed E-state index contributed by atoms with van der Waals surface area (Å²) in [6.45, 7) is 5.99. The number of amides is 1. The fourth-order valence-electron chi connectivity index (χ4n) is 2.30. The Morgan fingerprint density at radius 1 is 1.04 bits per heavy atom. The highest BCUT2D eigenvalue weighted by Gasteiger charge is 2.33. The minimum atomic E-state index is -2.19. The number of hydrogen-bond donors (Lipinski definition) is 0. The Labute approximate surface area is 151 Å². The van der Waals surface area contributed by atoms with Crippen LogP contribution in [0, 0.1) is 10.1 Å². The molecule has 0 aliphatic carbocycles. The van der Waals surface area contributed by atoms with Crippen molar-refractivity contribution in [2.45, 2.75) is 19.6 Å². The molecule has 24 heavy (non-hydrogen) atoms. The van der Waals surface area contributed by atoms with Crippen LogP contribution in [0.3, 0.4) is 0 Å². The predicted octanol–water partition coefficient (Wildman–Crippen LogP) is 5.38. The standard InChI is InChI=1S/C16H16Cl2N2O3Si/c1-24(2,3)19(15-13(17)5-4-6-14(15)18)16(21)11-7-9-12(10-8-11)20(22)23/h4-10H,1-3H3. The highest BCUT2D eigenvalue weighted by Crippen LogP contribution is 2.37. The van der Waals surface area contributed by atoms with Crippen molar-refractivity contribution in [1.29, 1.82) is 0 Å². The SMILES string of the molecule is C[Si](C)(C)N(C(=O)c1ccc([N+](=O)[O-])cc1)c1c(Cl)cccc1Cl. The summed E-state index contributed by atoms with van der Waals surface area (Å²) in [4.78, 5) is 23.3. The molecule has 5 nitrogen and oxygen atoms in total. The number of non-ortho nitro benzene ring substituents is 1. The monoisotopic (exact) mass is 382 g/mol. The normalized spacial score (nSPS) is 11.2. The highest BCUT2D eigenvalue weighted by atomic mass is 35.5. The largest absolute Gasteiger partial charge is 0.334 e. The fourth-order valence-corrected chi connectivity index (χ4v) is 4.66. The molecule has 0 aliphatic rings. The van der Waals surface area contributed by atoms with Gasteiger partial charge in [0.2, 0.25) is 5.91 Å². The van der Waals surface area contributed by atoms with Gasteiger partial charge in [0.15, 0.2) is 8.24 Å². The number of halogens is 2. The molecule has 0 heterocycles. The van der Waals surface area contributed by atoms with Gasteiger partial charge in [-0.3, -0.25) is 14.9 Å². The number of anilines is 1. The molecule has 1 amide bonds. The average Bonchev–Trinajstić information content (AvgIpc) is 2.49.